The molecule has 3 rings (SSSR count). The smallest absolute Gasteiger partial charge is 0.406 e. The summed E-state index contributed by atoms with van der Waals surface area (Å²) < 4.78 is 41.9. The first-order chi connectivity index (χ1) is 14.8. The second kappa shape index (κ2) is 10.1. The van der Waals surface area contributed by atoms with E-state index in [-0.39, 0.29) is 5.75 Å². The summed E-state index contributed by atoms with van der Waals surface area (Å²) >= 11 is 0. The average Bonchev–Trinajstić information content (AvgIpc) is 2.71. The monoisotopic (exact) mass is 431 g/mol. The van der Waals surface area contributed by atoms with Gasteiger partial charge in [-0.25, -0.2) is 4.98 Å². The Kier molecular flexibility index (Phi) is 7.30. The van der Waals surface area contributed by atoms with E-state index in [2.05, 4.69) is 30.2 Å². The van der Waals surface area contributed by atoms with E-state index in [0.717, 1.165) is 18.7 Å². The molecule has 0 unspecified atom stereocenters. The number of nitrogens with zero attached hydrogens (tertiary/aromatic N) is 3. The minimum atomic E-state index is -4.76. The highest BCUT2D eigenvalue weighted by Gasteiger charge is 2.31. The number of rotatable bonds is 9. The molecule has 6 nitrogen and oxygen atoms in total. The second-order valence-corrected chi connectivity index (χ2v) is 7.11. The quantitative estimate of drug-likeness (QED) is 0.457. The van der Waals surface area contributed by atoms with E-state index in [1.807, 2.05) is 44.4 Å². The molecule has 0 radical (unpaired) electrons. The zero-order valence-electron chi connectivity index (χ0n) is 17.3. The van der Waals surface area contributed by atoms with Gasteiger partial charge in [0.15, 0.2) is 0 Å². The van der Waals surface area contributed by atoms with Crippen LogP contribution in [0, 0.1) is 0 Å². The zero-order chi connectivity index (χ0) is 22.3. The van der Waals surface area contributed by atoms with Crippen molar-refractivity contribution in [1.82, 2.24) is 14.9 Å². The predicted molar refractivity (Wildman–Crippen MR) is 116 cm³/mol. The van der Waals surface area contributed by atoms with E-state index in [9.17, 15) is 13.2 Å². The highest BCUT2D eigenvalue weighted by Crippen LogP contribution is 2.29. The van der Waals surface area contributed by atoms with Crippen LogP contribution in [0.15, 0.2) is 60.7 Å². The highest BCUT2D eigenvalue weighted by atomic mass is 19.4. The largest absolute Gasteiger partial charge is 0.573 e. The Morgan fingerprint density at radius 1 is 0.968 bits per heavy atom. The van der Waals surface area contributed by atoms with Crippen molar-refractivity contribution in [3.63, 3.8) is 0 Å². The first-order valence-electron chi connectivity index (χ1n) is 9.74. The summed E-state index contributed by atoms with van der Waals surface area (Å²) in [5.74, 6) is 0.604. The third-order valence-electron chi connectivity index (χ3n) is 4.20. The molecule has 0 saturated heterocycles. The number of benzene rings is 2. The van der Waals surface area contributed by atoms with Crippen LogP contribution >= 0.6 is 0 Å². The van der Waals surface area contributed by atoms with E-state index in [1.54, 1.807) is 12.1 Å². The van der Waals surface area contributed by atoms with Gasteiger partial charge < -0.3 is 20.3 Å². The second-order valence-electron chi connectivity index (χ2n) is 7.11. The van der Waals surface area contributed by atoms with Crippen LogP contribution in [0.5, 0.6) is 5.75 Å². The summed E-state index contributed by atoms with van der Waals surface area (Å²) in [6.07, 6.45) is -3.87. The van der Waals surface area contributed by atoms with Crippen LogP contribution in [0.25, 0.3) is 11.3 Å². The normalized spacial score (nSPS) is 11.4. The molecule has 3 aromatic rings. The summed E-state index contributed by atoms with van der Waals surface area (Å²) in [4.78, 5) is 11.1. The zero-order valence-corrected chi connectivity index (χ0v) is 17.3. The van der Waals surface area contributed by atoms with Crippen LogP contribution in [0.4, 0.5) is 30.6 Å². The van der Waals surface area contributed by atoms with Gasteiger partial charge in [0, 0.05) is 23.9 Å². The van der Waals surface area contributed by atoms with Crippen LogP contribution in [-0.2, 0) is 0 Å². The number of hydrogen-bond acceptors (Lipinski definition) is 6. The van der Waals surface area contributed by atoms with Crippen LogP contribution in [0.3, 0.4) is 0 Å². The molecular formula is C22H24F3N5O. The van der Waals surface area contributed by atoms with Crippen molar-refractivity contribution in [1.29, 1.82) is 0 Å². The Balaban J connectivity index is 1.88. The SMILES string of the molecule is CN(C)CCCNc1nc(Nc2ccccc2)cc(-c2cccc(OC(F)(F)F)c2)n1. The summed E-state index contributed by atoms with van der Waals surface area (Å²) in [6.45, 7) is 1.56. The van der Waals surface area contributed by atoms with Gasteiger partial charge in [0.25, 0.3) is 0 Å². The number of nitrogens with one attached hydrogen (secondary N) is 2. The lowest BCUT2D eigenvalue weighted by Crippen LogP contribution is -2.17. The fourth-order valence-corrected chi connectivity index (χ4v) is 2.86. The fraction of sp³-hybridized carbons (Fsp3) is 0.273. The van der Waals surface area contributed by atoms with E-state index in [0.29, 0.717) is 29.6 Å². The third-order valence-corrected chi connectivity index (χ3v) is 4.20. The van der Waals surface area contributed by atoms with Crippen LogP contribution in [0.2, 0.25) is 0 Å². The molecule has 0 saturated carbocycles. The Morgan fingerprint density at radius 3 is 2.45 bits per heavy atom. The van der Waals surface area contributed by atoms with Gasteiger partial charge in [-0.3, -0.25) is 0 Å². The molecule has 1 heterocycles. The lowest BCUT2D eigenvalue weighted by molar-refractivity contribution is -0.274. The molecular weight excluding hydrogens is 407 g/mol. The van der Waals surface area contributed by atoms with Crippen molar-refractivity contribution < 1.29 is 17.9 Å². The van der Waals surface area contributed by atoms with Crippen molar-refractivity contribution in [2.75, 3.05) is 37.8 Å². The van der Waals surface area contributed by atoms with E-state index >= 15 is 0 Å². The van der Waals surface area contributed by atoms with Crippen molar-refractivity contribution in [2.45, 2.75) is 12.8 Å². The number of aromatic nitrogens is 2. The van der Waals surface area contributed by atoms with E-state index < -0.39 is 6.36 Å². The van der Waals surface area contributed by atoms with Crippen LogP contribution in [0.1, 0.15) is 6.42 Å². The molecule has 0 aliphatic rings. The van der Waals surface area contributed by atoms with Crippen molar-refractivity contribution >= 4 is 17.5 Å². The third kappa shape index (κ3) is 7.45. The molecule has 0 spiro atoms. The Hall–Kier alpha value is -3.33. The maximum absolute atomic E-state index is 12.6. The summed E-state index contributed by atoms with van der Waals surface area (Å²) in [6, 6.07) is 16.9. The Morgan fingerprint density at radius 2 is 1.74 bits per heavy atom. The summed E-state index contributed by atoms with van der Waals surface area (Å²) in [5.41, 5.74) is 1.78. The maximum atomic E-state index is 12.6. The minimum absolute atomic E-state index is 0.304. The summed E-state index contributed by atoms with van der Waals surface area (Å²) in [7, 11) is 3.99. The average molecular weight is 431 g/mol. The summed E-state index contributed by atoms with van der Waals surface area (Å²) in [5, 5.41) is 6.39. The van der Waals surface area contributed by atoms with Gasteiger partial charge >= 0.3 is 6.36 Å². The van der Waals surface area contributed by atoms with Gasteiger partial charge in [0.1, 0.15) is 11.6 Å². The van der Waals surface area contributed by atoms with Gasteiger partial charge in [0.2, 0.25) is 5.95 Å². The van der Waals surface area contributed by atoms with Crippen molar-refractivity contribution in [2.24, 2.45) is 0 Å². The first-order valence-corrected chi connectivity index (χ1v) is 9.74. The molecule has 0 amide bonds. The first kappa shape index (κ1) is 22.4. The number of halogens is 3. The van der Waals surface area contributed by atoms with Gasteiger partial charge in [-0.05, 0) is 51.3 Å². The predicted octanol–water partition coefficient (Wildman–Crippen LogP) is 5.15. The topological polar surface area (TPSA) is 62.3 Å². The number of anilines is 3. The minimum Gasteiger partial charge on any atom is -0.406 e. The van der Waals surface area contributed by atoms with Gasteiger partial charge in [-0.1, -0.05) is 30.3 Å². The molecule has 9 heteroatoms. The Labute approximate surface area is 179 Å². The van der Waals surface area contributed by atoms with Gasteiger partial charge in [-0.2, -0.15) is 4.98 Å². The molecule has 2 N–H and O–H groups in total. The molecule has 1 aromatic heterocycles. The lowest BCUT2D eigenvalue weighted by Gasteiger charge is -2.14. The van der Waals surface area contributed by atoms with Crippen LogP contribution in [-0.4, -0.2) is 48.4 Å². The molecule has 0 bridgehead atoms. The Bertz CT molecular complexity index is 980. The number of ether oxygens (including phenoxy) is 1. The molecule has 31 heavy (non-hydrogen) atoms. The molecule has 2 aromatic carbocycles. The van der Waals surface area contributed by atoms with Crippen molar-refractivity contribution in [3.8, 4) is 17.0 Å². The van der Waals surface area contributed by atoms with E-state index in [1.165, 1.54) is 18.2 Å². The van der Waals surface area contributed by atoms with Gasteiger partial charge in [0.05, 0.1) is 5.69 Å². The molecule has 164 valence electrons. The highest BCUT2D eigenvalue weighted by molar-refractivity contribution is 5.68. The maximum Gasteiger partial charge on any atom is 0.573 e. The fourth-order valence-electron chi connectivity index (χ4n) is 2.86. The lowest BCUT2D eigenvalue weighted by atomic mass is 10.1. The standard InChI is InChI=1S/C22H24F3N5O/c1-30(2)13-7-12-26-21-28-19(15-20(29-21)27-17-9-4-3-5-10-17)16-8-6-11-18(14-16)31-22(23,24)25/h3-6,8-11,14-15H,7,12-13H2,1-2H3,(H2,26,27,28,29). The number of para-hydroxylation sites is 1. The molecule has 0 aliphatic carbocycles. The molecule has 0 fully saturated rings. The van der Waals surface area contributed by atoms with Gasteiger partial charge in [-0.15, -0.1) is 13.2 Å². The van der Waals surface area contributed by atoms with E-state index in [4.69, 9.17) is 0 Å². The molecule has 0 atom stereocenters. The van der Waals surface area contributed by atoms with Crippen molar-refractivity contribution in [3.05, 3.63) is 60.7 Å². The molecule has 0 aliphatic heterocycles. The number of hydrogen-bond donors (Lipinski definition) is 2. The number of alkyl halides is 3. The van der Waals surface area contributed by atoms with Crippen LogP contribution < -0.4 is 15.4 Å².